The van der Waals surface area contributed by atoms with Crippen molar-refractivity contribution in [1.82, 2.24) is 5.16 Å². The van der Waals surface area contributed by atoms with Crippen LogP contribution in [-0.2, 0) is 10.0 Å². The topological polar surface area (TPSA) is 92.4 Å². The fourth-order valence-electron chi connectivity index (χ4n) is 1.28. The van der Waals surface area contributed by atoms with Crippen molar-refractivity contribution < 1.29 is 18.0 Å². The van der Waals surface area contributed by atoms with Gasteiger partial charge in [0.2, 0.25) is 5.88 Å². The number of hydrogen-bond donors (Lipinski definition) is 2. The molecule has 0 fully saturated rings. The van der Waals surface area contributed by atoms with Gasteiger partial charge in [-0.15, -0.1) is 0 Å². The molecule has 0 unspecified atom stereocenters. The molecule has 0 aliphatic carbocycles. The molecule has 1 heterocycles. The lowest BCUT2D eigenvalue weighted by Crippen LogP contribution is -2.12. The van der Waals surface area contributed by atoms with Gasteiger partial charge in [0, 0.05) is 6.07 Å². The molecule has 2 rings (SSSR count). The summed E-state index contributed by atoms with van der Waals surface area (Å²) in [6.45, 7) is 1.67. The Morgan fingerprint density at radius 3 is 2.65 bits per heavy atom. The minimum absolute atomic E-state index is 0.00533. The third-order valence-electron chi connectivity index (χ3n) is 2.02. The van der Waals surface area contributed by atoms with Crippen molar-refractivity contribution in [1.29, 1.82) is 0 Å². The summed E-state index contributed by atoms with van der Waals surface area (Å²) in [6.07, 6.45) is 0. The number of benzene rings is 1. The zero-order valence-corrected chi connectivity index (χ0v) is 9.73. The molecule has 0 aliphatic heterocycles. The molecule has 6 nitrogen and oxygen atoms in total. The highest BCUT2D eigenvalue weighted by molar-refractivity contribution is 7.92. The van der Waals surface area contributed by atoms with E-state index in [-0.39, 0.29) is 16.5 Å². The summed E-state index contributed by atoms with van der Waals surface area (Å²) in [4.78, 5) is -0.214. The predicted molar refractivity (Wildman–Crippen MR) is 60.2 cm³/mol. The standard InChI is InChI=1S/C10H10N2O4S/c1-7-6-10(16-11-7)12-17(14,15)9-5-3-2-4-8(9)13/h2-6,12-13H,1H3. The number of rotatable bonds is 3. The zero-order chi connectivity index (χ0) is 12.5. The number of phenolic OH excluding ortho intramolecular Hbond substituents is 1. The molecule has 17 heavy (non-hydrogen) atoms. The Balaban J connectivity index is 2.35. The first-order valence-corrected chi connectivity index (χ1v) is 6.21. The van der Waals surface area contributed by atoms with Crippen LogP contribution in [-0.4, -0.2) is 18.7 Å². The van der Waals surface area contributed by atoms with E-state index in [1.165, 1.54) is 30.3 Å². The molecule has 0 spiro atoms. The highest BCUT2D eigenvalue weighted by Crippen LogP contribution is 2.24. The molecule has 7 heteroatoms. The van der Waals surface area contributed by atoms with Crippen LogP contribution < -0.4 is 4.72 Å². The number of para-hydroxylation sites is 1. The number of aryl methyl sites for hydroxylation is 1. The zero-order valence-electron chi connectivity index (χ0n) is 8.91. The lowest BCUT2D eigenvalue weighted by atomic mass is 10.3. The van der Waals surface area contributed by atoms with Crippen LogP contribution in [0.15, 0.2) is 39.8 Å². The number of aromatic hydroxyl groups is 1. The minimum Gasteiger partial charge on any atom is -0.507 e. The van der Waals surface area contributed by atoms with E-state index in [0.29, 0.717) is 5.69 Å². The van der Waals surface area contributed by atoms with Crippen molar-refractivity contribution in [3.8, 4) is 5.75 Å². The lowest BCUT2D eigenvalue weighted by molar-refractivity contribution is 0.430. The molecular formula is C10H10N2O4S. The Labute approximate surface area is 97.9 Å². The number of aromatic nitrogens is 1. The Hall–Kier alpha value is -2.02. The van der Waals surface area contributed by atoms with E-state index >= 15 is 0 Å². The normalized spacial score (nSPS) is 11.4. The SMILES string of the molecule is Cc1cc(NS(=O)(=O)c2ccccc2O)on1. The van der Waals surface area contributed by atoms with Gasteiger partial charge < -0.3 is 9.63 Å². The Morgan fingerprint density at radius 1 is 1.35 bits per heavy atom. The Morgan fingerprint density at radius 2 is 2.06 bits per heavy atom. The van der Waals surface area contributed by atoms with Crippen LogP contribution in [0.4, 0.5) is 5.88 Å². The third-order valence-corrected chi connectivity index (χ3v) is 3.41. The molecule has 1 aromatic carbocycles. The molecule has 0 aliphatic rings. The molecule has 0 saturated heterocycles. The molecular weight excluding hydrogens is 244 g/mol. The van der Waals surface area contributed by atoms with E-state index in [2.05, 4.69) is 9.88 Å². The summed E-state index contributed by atoms with van der Waals surface area (Å²) >= 11 is 0. The van der Waals surface area contributed by atoms with Gasteiger partial charge in [0.15, 0.2) is 0 Å². The van der Waals surface area contributed by atoms with Gasteiger partial charge in [0.25, 0.3) is 10.0 Å². The van der Waals surface area contributed by atoms with Gasteiger partial charge in [-0.1, -0.05) is 17.3 Å². The van der Waals surface area contributed by atoms with Gasteiger partial charge in [-0.25, -0.2) is 13.1 Å². The fraction of sp³-hybridized carbons (Fsp3) is 0.100. The second kappa shape index (κ2) is 4.10. The number of nitrogens with zero attached hydrogens (tertiary/aromatic N) is 1. The summed E-state index contributed by atoms with van der Waals surface area (Å²) in [5.41, 5.74) is 0.556. The highest BCUT2D eigenvalue weighted by Gasteiger charge is 2.19. The molecule has 1 aromatic heterocycles. The molecule has 0 radical (unpaired) electrons. The number of hydrogen-bond acceptors (Lipinski definition) is 5. The molecule has 2 aromatic rings. The molecule has 2 N–H and O–H groups in total. The van der Waals surface area contributed by atoms with Crippen molar-refractivity contribution in [2.75, 3.05) is 4.72 Å². The van der Waals surface area contributed by atoms with Crippen molar-refractivity contribution in [3.05, 3.63) is 36.0 Å². The first kappa shape index (κ1) is 11.5. The van der Waals surface area contributed by atoms with E-state index in [1.54, 1.807) is 6.92 Å². The Bertz CT molecular complexity index is 633. The smallest absolute Gasteiger partial charge is 0.267 e. The van der Waals surface area contributed by atoms with Crippen molar-refractivity contribution in [3.63, 3.8) is 0 Å². The quantitative estimate of drug-likeness (QED) is 0.865. The van der Waals surface area contributed by atoms with Gasteiger partial charge in [-0.2, -0.15) is 0 Å². The van der Waals surface area contributed by atoms with Crippen molar-refractivity contribution >= 4 is 15.9 Å². The van der Waals surface area contributed by atoms with Gasteiger partial charge in [-0.05, 0) is 19.1 Å². The van der Waals surface area contributed by atoms with Crippen LogP contribution >= 0.6 is 0 Å². The number of sulfonamides is 1. The summed E-state index contributed by atoms with van der Waals surface area (Å²) in [5, 5.41) is 13.0. The average molecular weight is 254 g/mol. The monoisotopic (exact) mass is 254 g/mol. The Kier molecular flexibility index (Phi) is 2.76. The van der Waals surface area contributed by atoms with E-state index < -0.39 is 10.0 Å². The fourth-order valence-corrected chi connectivity index (χ4v) is 2.36. The lowest BCUT2D eigenvalue weighted by Gasteiger charge is -2.05. The van der Waals surface area contributed by atoms with Crippen LogP contribution in [0.3, 0.4) is 0 Å². The molecule has 0 saturated carbocycles. The second-order valence-corrected chi connectivity index (χ2v) is 5.06. The predicted octanol–water partition coefficient (Wildman–Crippen LogP) is 1.49. The maximum atomic E-state index is 11.9. The van der Waals surface area contributed by atoms with Gasteiger partial charge >= 0.3 is 0 Å². The second-order valence-electron chi connectivity index (χ2n) is 3.41. The molecule has 90 valence electrons. The summed E-state index contributed by atoms with van der Waals surface area (Å²) in [6, 6.07) is 7.07. The first-order valence-electron chi connectivity index (χ1n) is 4.73. The largest absolute Gasteiger partial charge is 0.507 e. The molecule has 0 amide bonds. The highest BCUT2D eigenvalue weighted by atomic mass is 32.2. The van der Waals surface area contributed by atoms with E-state index in [1.807, 2.05) is 0 Å². The maximum Gasteiger partial charge on any atom is 0.267 e. The number of nitrogens with one attached hydrogen (secondary N) is 1. The van der Waals surface area contributed by atoms with Gasteiger partial charge in [0.05, 0.1) is 5.69 Å². The number of anilines is 1. The third kappa shape index (κ3) is 2.39. The number of phenols is 1. The van der Waals surface area contributed by atoms with Crippen LogP contribution in [0, 0.1) is 6.92 Å². The van der Waals surface area contributed by atoms with Crippen LogP contribution in [0.5, 0.6) is 5.75 Å². The first-order chi connectivity index (χ1) is 7.99. The van der Waals surface area contributed by atoms with Gasteiger partial charge in [0.1, 0.15) is 10.6 Å². The van der Waals surface area contributed by atoms with Crippen molar-refractivity contribution in [2.45, 2.75) is 11.8 Å². The van der Waals surface area contributed by atoms with E-state index in [0.717, 1.165) is 0 Å². The summed E-state index contributed by atoms with van der Waals surface area (Å²) in [7, 11) is -3.86. The van der Waals surface area contributed by atoms with Crippen LogP contribution in [0.1, 0.15) is 5.69 Å². The van der Waals surface area contributed by atoms with Crippen molar-refractivity contribution in [2.24, 2.45) is 0 Å². The van der Waals surface area contributed by atoms with Crippen LogP contribution in [0.2, 0.25) is 0 Å². The average Bonchev–Trinajstić information content (AvgIpc) is 2.63. The molecule has 0 atom stereocenters. The van der Waals surface area contributed by atoms with Gasteiger partial charge in [-0.3, -0.25) is 0 Å². The summed E-state index contributed by atoms with van der Waals surface area (Å²) in [5.74, 6) is -0.318. The van der Waals surface area contributed by atoms with Crippen LogP contribution in [0.25, 0.3) is 0 Å². The maximum absolute atomic E-state index is 11.9. The molecule has 0 bridgehead atoms. The van der Waals surface area contributed by atoms with E-state index in [4.69, 9.17) is 4.52 Å². The van der Waals surface area contributed by atoms with E-state index in [9.17, 15) is 13.5 Å². The minimum atomic E-state index is -3.86. The summed E-state index contributed by atoms with van der Waals surface area (Å²) < 4.78 is 30.7.